The summed E-state index contributed by atoms with van der Waals surface area (Å²) in [7, 11) is 0. The molecule has 0 bridgehead atoms. The van der Waals surface area contributed by atoms with Gasteiger partial charge in [-0.3, -0.25) is 9.59 Å². The number of thiophene rings is 1. The lowest BCUT2D eigenvalue weighted by Gasteiger charge is -2.31. The first kappa shape index (κ1) is 21.5. The van der Waals surface area contributed by atoms with Crippen LogP contribution in [0.4, 0.5) is 5.00 Å². The third-order valence-corrected chi connectivity index (χ3v) is 6.18. The molecule has 1 aliphatic carbocycles. The van der Waals surface area contributed by atoms with Crippen LogP contribution in [-0.4, -0.2) is 31.1 Å². The number of hydrogen-bond donors (Lipinski definition) is 1. The van der Waals surface area contributed by atoms with E-state index < -0.39 is 29.9 Å². The lowest BCUT2D eigenvalue weighted by atomic mass is 9.70. The number of amides is 1. The molecule has 1 atom stereocenters. The molecule has 0 saturated heterocycles. The molecule has 0 fully saturated rings. The first-order valence-electron chi connectivity index (χ1n) is 9.62. The zero-order chi connectivity index (χ0) is 21.7. The molecule has 2 aromatic rings. The quantitative estimate of drug-likeness (QED) is 0.710. The fourth-order valence-electron chi connectivity index (χ4n) is 3.62. The van der Waals surface area contributed by atoms with E-state index in [-0.39, 0.29) is 6.61 Å². The fourth-order valence-corrected chi connectivity index (χ4v) is 4.99. The molecule has 30 heavy (non-hydrogen) atoms. The van der Waals surface area contributed by atoms with Gasteiger partial charge in [0.15, 0.2) is 6.61 Å². The number of esters is 2. The Kier molecular flexibility index (Phi) is 6.53. The Bertz CT molecular complexity index is 1010. The zero-order valence-corrected chi connectivity index (χ0v) is 17.6. The number of hydrogen-bond acceptors (Lipinski definition) is 7. The maximum absolute atomic E-state index is 12.6. The van der Waals surface area contributed by atoms with Crippen LogP contribution < -0.4 is 5.32 Å². The van der Waals surface area contributed by atoms with Gasteiger partial charge in [0.25, 0.3) is 5.91 Å². The Morgan fingerprint density at radius 3 is 2.60 bits per heavy atom. The molecule has 0 aliphatic heterocycles. The Morgan fingerprint density at radius 2 is 1.97 bits per heavy atom. The van der Waals surface area contributed by atoms with Crippen LogP contribution in [0, 0.1) is 11.3 Å². The highest BCUT2D eigenvalue weighted by Crippen LogP contribution is 2.45. The molecule has 1 N–H and O–H groups in total. The van der Waals surface area contributed by atoms with Gasteiger partial charge in [0.2, 0.25) is 0 Å². The van der Waals surface area contributed by atoms with Gasteiger partial charge in [-0.25, -0.2) is 4.79 Å². The van der Waals surface area contributed by atoms with Crippen molar-refractivity contribution in [3.05, 3.63) is 51.9 Å². The first-order chi connectivity index (χ1) is 14.4. The number of carbonyl (C=O) groups excluding carboxylic acids is 3. The topological polar surface area (TPSA) is 105 Å². The highest BCUT2D eigenvalue weighted by molar-refractivity contribution is 7.17. The minimum Gasteiger partial charge on any atom is -0.462 e. The van der Waals surface area contributed by atoms with E-state index in [1.165, 1.54) is 18.3 Å². The second-order valence-corrected chi connectivity index (χ2v) is 8.10. The first-order valence-corrected chi connectivity index (χ1v) is 10.4. The van der Waals surface area contributed by atoms with Crippen molar-refractivity contribution in [2.24, 2.45) is 0 Å². The van der Waals surface area contributed by atoms with Crippen molar-refractivity contribution in [2.75, 3.05) is 18.5 Å². The number of carbonyl (C=O) groups is 3. The zero-order valence-electron chi connectivity index (χ0n) is 16.8. The number of ether oxygens (including phenoxy) is 2. The smallest absolute Gasteiger partial charge is 0.341 e. The van der Waals surface area contributed by atoms with E-state index in [9.17, 15) is 19.6 Å². The normalized spacial score (nSPS) is 17.4. The molecule has 3 rings (SSSR count). The monoisotopic (exact) mass is 426 g/mol. The summed E-state index contributed by atoms with van der Waals surface area (Å²) >= 11 is 1.27. The van der Waals surface area contributed by atoms with Crippen molar-refractivity contribution in [1.29, 1.82) is 5.26 Å². The highest BCUT2D eigenvalue weighted by Gasteiger charge is 2.40. The van der Waals surface area contributed by atoms with Crippen molar-refractivity contribution >= 4 is 34.2 Å². The van der Waals surface area contributed by atoms with E-state index in [1.807, 2.05) is 30.3 Å². The summed E-state index contributed by atoms with van der Waals surface area (Å²) in [5.41, 5.74) is 1.38. The molecule has 8 heteroatoms. The predicted octanol–water partition coefficient (Wildman–Crippen LogP) is 3.38. The maximum Gasteiger partial charge on any atom is 0.341 e. The van der Waals surface area contributed by atoms with Gasteiger partial charge in [-0.2, -0.15) is 5.26 Å². The van der Waals surface area contributed by atoms with Gasteiger partial charge in [-0.15, -0.1) is 11.3 Å². The van der Waals surface area contributed by atoms with Crippen LogP contribution in [0.2, 0.25) is 0 Å². The minimum absolute atomic E-state index is 0.205. The van der Waals surface area contributed by atoms with E-state index in [4.69, 9.17) is 9.47 Å². The SMILES string of the molecule is CCOC(=O)c1c(NC(=O)COC(C)=O)sc2c1CC[C@@](C#N)(c1ccccc1)C2. The molecule has 1 aliphatic rings. The molecule has 0 radical (unpaired) electrons. The number of benzene rings is 1. The molecule has 7 nitrogen and oxygen atoms in total. The number of nitrogens with zero attached hydrogens (tertiary/aromatic N) is 1. The van der Waals surface area contributed by atoms with Gasteiger partial charge < -0.3 is 14.8 Å². The lowest BCUT2D eigenvalue weighted by molar-refractivity contribution is -0.144. The lowest BCUT2D eigenvalue weighted by Crippen LogP contribution is -2.31. The number of nitrogens with one attached hydrogen (secondary N) is 1. The van der Waals surface area contributed by atoms with Crippen molar-refractivity contribution in [2.45, 2.75) is 38.5 Å². The fraction of sp³-hybridized carbons (Fsp3) is 0.364. The van der Waals surface area contributed by atoms with Crippen LogP contribution in [0.25, 0.3) is 0 Å². The summed E-state index contributed by atoms with van der Waals surface area (Å²) in [6.07, 6.45) is 1.52. The highest BCUT2D eigenvalue weighted by atomic mass is 32.1. The Hall–Kier alpha value is -3.18. The molecule has 1 aromatic heterocycles. The molecular weight excluding hydrogens is 404 g/mol. The van der Waals surface area contributed by atoms with Crippen LogP contribution in [0.15, 0.2) is 30.3 Å². The van der Waals surface area contributed by atoms with Gasteiger partial charge >= 0.3 is 11.9 Å². The van der Waals surface area contributed by atoms with E-state index in [0.717, 1.165) is 16.0 Å². The molecule has 1 heterocycles. The molecule has 1 amide bonds. The standard InChI is InChI=1S/C22H22N2O5S/c1-3-28-21(27)19-16-9-10-22(13-23,15-7-5-4-6-8-15)11-17(16)30-20(19)24-18(26)12-29-14(2)25/h4-8H,3,9-12H2,1-2H3,(H,24,26)/t22-/m1/s1. The predicted molar refractivity (Wildman–Crippen MR) is 111 cm³/mol. The third-order valence-electron chi connectivity index (χ3n) is 5.03. The number of nitriles is 1. The van der Waals surface area contributed by atoms with Crippen molar-refractivity contribution < 1.29 is 23.9 Å². The summed E-state index contributed by atoms with van der Waals surface area (Å²) in [4.78, 5) is 36.6. The summed E-state index contributed by atoms with van der Waals surface area (Å²) in [6, 6.07) is 12.1. The molecule has 0 saturated carbocycles. The summed E-state index contributed by atoms with van der Waals surface area (Å²) in [6.45, 7) is 2.70. The molecule has 0 spiro atoms. The molecule has 1 aromatic carbocycles. The molecular formula is C22H22N2O5S. The third kappa shape index (κ3) is 4.36. The van der Waals surface area contributed by atoms with E-state index >= 15 is 0 Å². The van der Waals surface area contributed by atoms with Gasteiger partial charge in [0.1, 0.15) is 5.00 Å². The van der Waals surface area contributed by atoms with Crippen LogP contribution in [0.3, 0.4) is 0 Å². The van der Waals surface area contributed by atoms with Crippen LogP contribution in [0.1, 0.15) is 46.6 Å². The Balaban J connectivity index is 1.96. The Labute approximate surface area is 178 Å². The van der Waals surface area contributed by atoms with Crippen LogP contribution in [0.5, 0.6) is 0 Å². The summed E-state index contributed by atoms with van der Waals surface area (Å²) < 4.78 is 9.93. The van der Waals surface area contributed by atoms with E-state index in [1.54, 1.807) is 6.92 Å². The van der Waals surface area contributed by atoms with Crippen molar-refractivity contribution in [1.82, 2.24) is 0 Å². The van der Waals surface area contributed by atoms with Gasteiger partial charge in [-0.1, -0.05) is 30.3 Å². The van der Waals surface area contributed by atoms with Crippen LogP contribution >= 0.6 is 11.3 Å². The van der Waals surface area contributed by atoms with E-state index in [0.29, 0.717) is 29.8 Å². The Morgan fingerprint density at radius 1 is 1.23 bits per heavy atom. The average Bonchev–Trinajstić information content (AvgIpc) is 3.09. The van der Waals surface area contributed by atoms with E-state index in [2.05, 4.69) is 11.4 Å². The maximum atomic E-state index is 12.6. The summed E-state index contributed by atoms with van der Waals surface area (Å²) in [5.74, 6) is -1.62. The number of rotatable bonds is 6. The summed E-state index contributed by atoms with van der Waals surface area (Å²) in [5, 5.41) is 13.0. The van der Waals surface area contributed by atoms with Gasteiger partial charge in [0, 0.05) is 18.2 Å². The minimum atomic E-state index is -0.690. The number of fused-ring (bicyclic) bond motifs is 1. The second kappa shape index (κ2) is 9.09. The largest absolute Gasteiger partial charge is 0.462 e. The van der Waals surface area contributed by atoms with Crippen molar-refractivity contribution in [3.8, 4) is 6.07 Å². The van der Waals surface area contributed by atoms with Gasteiger partial charge in [0.05, 0.1) is 23.7 Å². The van der Waals surface area contributed by atoms with Crippen molar-refractivity contribution in [3.63, 3.8) is 0 Å². The number of anilines is 1. The van der Waals surface area contributed by atoms with Crippen LogP contribution in [-0.2, 0) is 37.3 Å². The molecule has 0 unspecified atom stereocenters. The van der Waals surface area contributed by atoms with Gasteiger partial charge in [-0.05, 0) is 30.9 Å². The second-order valence-electron chi connectivity index (χ2n) is 6.99. The molecule has 156 valence electrons. The average molecular weight is 426 g/mol.